The monoisotopic (exact) mass is 273 g/mol. The lowest BCUT2D eigenvalue weighted by molar-refractivity contribution is 1.14. The molecule has 1 heteroatoms. The zero-order chi connectivity index (χ0) is 14.5. The topological polar surface area (TPSA) is 12.0 Å². The Bertz CT molecular complexity index is 682. The highest BCUT2D eigenvalue weighted by Gasteiger charge is 1.98. The zero-order valence-electron chi connectivity index (χ0n) is 12.2. The molecule has 0 saturated carbocycles. The standard InChI is InChI=1S/C20H19N/c1-16-7-9-17(10-8-16)15-21-20-13-11-19(12-14-20)18-5-3-2-4-6-18/h2-14,21H,15H2,1H3. The fourth-order valence-corrected chi connectivity index (χ4v) is 2.32. The summed E-state index contributed by atoms with van der Waals surface area (Å²) in [6, 6.07) is 27.7. The van der Waals surface area contributed by atoms with E-state index in [1.165, 1.54) is 22.3 Å². The predicted molar refractivity (Wildman–Crippen MR) is 90.4 cm³/mol. The van der Waals surface area contributed by atoms with Crippen molar-refractivity contribution in [1.82, 2.24) is 0 Å². The molecule has 0 aliphatic rings. The third-order valence-corrected chi connectivity index (χ3v) is 3.61. The number of anilines is 1. The third-order valence-electron chi connectivity index (χ3n) is 3.61. The minimum atomic E-state index is 0.852. The van der Waals surface area contributed by atoms with E-state index < -0.39 is 0 Å². The summed E-state index contributed by atoms with van der Waals surface area (Å²) < 4.78 is 0. The van der Waals surface area contributed by atoms with E-state index in [0.717, 1.165) is 12.2 Å². The van der Waals surface area contributed by atoms with Crippen LogP contribution in [0.25, 0.3) is 11.1 Å². The number of aryl methyl sites for hydroxylation is 1. The van der Waals surface area contributed by atoms with Crippen molar-refractivity contribution < 1.29 is 0 Å². The van der Waals surface area contributed by atoms with Gasteiger partial charge in [-0.25, -0.2) is 0 Å². The number of rotatable bonds is 4. The molecular formula is C20H19N. The van der Waals surface area contributed by atoms with Crippen LogP contribution in [0.4, 0.5) is 5.69 Å². The van der Waals surface area contributed by atoms with Gasteiger partial charge < -0.3 is 5.32 Å². The molecule has 0 unspecified atom stereocenters. The molecule has 0 radical (unpaired) electrons. The fraction of sp³-hybridized carbons (Fsp3) is 0.100. The van der Waals surface area contributed by atoms with Gasteiger partial charge >= 0.3 is 0 Å². The van der Waals surface area contributed by atoms with Gasteiger partial charge in [0, 0.05) is 12.2 Å². The molecule has 1 N–H and O–H groups in total. The predicted octanol–water partition coefficient (Wildman–Crippen LogP) is 5.27. The summed E-state index contributed by atoms with van der Waals surface area (Å²) in [5.41, 5.74) is 6.24. The highest BCUT2D eigenvalue weighted by molar-refractivity contribution is 5.65. The summed E-state index contributed by atoms with van der Waals surface area (Å²) >= 11 is 0. The molecule has 0 spiro atoms. The summed E-state index contributed by atoms with van der Waals surface area (Å²) in [5.74, 6) is 0. The lowest BCUT2D eigenvalue weighted by atomic mass is 10.1. The maximum absolute atomic E-state index is 3.46. The van der Waals surface area contributed by atoms with E-state index >= 15 is 0 Å². The van der Waals surface area contributed by atoms with Crippen molar-refractivity contribution in [1.29, 1.82) is 0 Å². The first-order chi connectivity index (χ1) is 10.3. The maximum Gasteiger partial charge on any atom is 0.0400 e. The van der Waals surface area contributed by atoms with Crippen LogP contribution in [0.3, 0.4) is 0 Å². The van der Waals surface area contributed by atoms with Crippen LogP contribution < -0.4 is 5.32 Å². The van der Waals surface area contributed by atoms with Gasteiger partial charge in [-0.1, -0.05) is 72.3 Å². The largest absolute Gasteiger partial charge is 0.381 e. The van der Waals surface area contributed by atoms with Crippen molar-refractivity contribution in [3.8, 4) is 11.1 Å². The van der Waals surface area contributed by atoms with Gasteiger partial charge in [0.15, 0.2) is 0 Å². The molecule has 0 bridgehead atoms. The first kappa shape index (κ1) is 13.4. The summed E-state index contributed by atoms with van der Waals surface area (Å²) in [4.78, 5) is 0. The zero-order valence-corrected chi connectivity index (χ0v) is 12.2. The number of nitrogens with one attached hydrogen (secondary N) is 1. The average Bonchev–Trinajstić information content (AvgIpc) is 2.56. The summed E-state index contributed by atoms with van der Waals surface area (Å²) in [6.45, 7) is 2.96. The summed E-state index contributed by atoms with van der Waals surface area (Å²) in [5, 5.41) is 3.46. The fourth-order valence-electron chi connectivity index (χ4n) is 2.32. The van der Waals surface area contributed by atoms with E-state index in [9.17, 15) is 0 Å². The van der Waals surface area contributed by atoms with Crippen LogP contribution in [0.5, 0.6) is 0 Å². The van der Waals surface area contributed by atoms with Gasteiger partial charge in [-0.15, -0.1) is 0 Å². The maximum atomic E-state index is 3.46. The second kappa shape index (κ2) is 6.27. The van der Waals surface area contributed by atoms with Crippen LogP contribution in [-0.4, -0.2) is 0 Å². The molecule has 0 atom stereocenters. The highest BCUT2D eigenvalue weighted by atomic mass is 14.9. The third kappa shape index (κ3) is 3.51. The van der Waals surface area contributed by atoms with Crippen LogP contribution in [0.2, 0.25) is 0 Å². The van der Waals surface area contributed by atoms with Gasteiger partial charge in [-0.05, 0) is 35.7 Å². The van der Waals surface area contributed by atoms with Crippen molar-refractivity contribution in [3.63, 3.8) is 0 Å². The molecule has 0 fully saturated rings. The molecule has 3 rings (SSSR count). The van der Waals surface area contributed by atoms with Gasteiger partial charge in [0.25, 0.3) is 0 Å². The van der Waals surface area contributed by atoms with Crippen molar-refractivity contribution >= 4 is 5.69 Å². The lowest BCUT2D eigenvalue weighted by Gasteiger charge is -2.08. The van der Waals surface area contributed by atoms with Gasteiger partial charge in [-0.3, -0.25) is 0 Å². The van der Waals surface area contributed by atoms with Crippen molar-refractivity contribution in [3.05, 3.63) is 90.0 Å². The van der Waals surface area contributed by atoms with Crippen LogP contribution >= 0.6 is 0 Å². The Kier molecular flexibility index (Phi) is 4.02. The second-order valence-electron chi connectivity index (χ2n) is 5.28. The van der Waals surface area contributed by atoms with Crippen LogP contribution in [0.1, 0.15) is 11.1 Å². The van der Waals surface area contributed by atoms with E-state index in [0.29, 0.717) is 0 Å². The number of hydrogen-bond acceptors (Lipinski definition) is 1. The molecule has 0 heterocycles. The molecule has 1 nitrogen and oxygen atoms in total. The van der Waals surface area contributed by atoms with Crippen molar-refractivity contribution in [2.24, 2.45) is 0 Å². The normalized spacial score (nSPS) is 10.3. The van der Waals surface area contributed by atoms with E-state index in [2.05, 4.69) is 85.0 Å². The average molecular weight is 273 g/mol. The quantitative estimate of drug-likeness (QED) is 0.682. The van der Waals surface area contributed by atoms with Crippen molar-refractivity contribution in [2.45, 2.75) is 13.5 Å². The van der Waals surface area contributed by atoms with Gasteiger partial charge in [0.2, 0.25) is 0 Å². The molecule has 0 aliphatic carbocycles. The van der Waals surface area contributed by atoms with E-state index in [-0.39, 0.29) is 0 Å². The Morgan fingerprint density at radius 3 is 1.95 bits per heavy atom. The van der Waals surface area contributed by atoms with Crippen molar-refractivity contribution in [2.75, 3.05) is 5.32 Å². The van der Waals surface area contributed by atoms with Crippen LogP contribution in [0, 0.1) is 6.92 Å². The van der Waals surface area contributed by atoms with Gasteiger partial charge in [0.1, 0.15) is 0 Å². The molecular weight excluding hydrogens is 254 g/mol. The molecule has 0 aromatic heterocycles. The van der Waals surface area contributed by atoms with Crippen LogP contribution in [0.15, 0.2) is 78.9 Å². The Balaban J connectivity index is 1.66. The SMILES string of the molecule is Cc1ccc(CNc2ccc(-c3ccccc3)cc2)cc1. The molecule has 21 heavy (non-hydrogen) atoms. The molecule has 0 aliphatic heterocycles. The van der Waals surface area contributed by atoms with E-state index in [1.807, 2.05) is 6.07 Å². The first-order valence-corrected chi connectivity index (χ1v) is 7.26. The van der Waals surface area contributed by atoms with E-state index in [4.69, 9.17) is 0 Å². The Labute approximate surface area is 126 Å². The number of benzene rings is 3. The minimum absolute atomic E-state index is 0.852. The first-order valence-electron chi connectivity index (χ1n) is 7.26. The molecule has 0 amide bonds. The Morgan fingerprint density at radius 2 is 1.29 bits per heavy atom. The Morgan fingerprint density at radius 1 is 0.667 bits per heavy atom. The summed E-state index contributed by atoms with van der Waals surface area (Å²) in [7, 11) is 0. The highest BCUT2D eigenvalue weighted by Crippen LogP contribution is 2.21. The van der Waals surface area contributed by atoms with Gasteiger partial charge in [-0.2, -0.15) is 0 Å². The Hall–Kier alpha value is -2.54. The minimum Gasteiger partial charge on any atom is -0.381 e. The number of hydrogen-bond donors (Lipinski definition) is 1. The lowest BCUT2D eigenvalue weighted by Crippen LogP contribution is -1.98. The smallest absolute Gasteiger partial charge is 0.0400 e. The van der Waals surface area contributed by atoms with E-state index in [1.54, 1.807) is 0 Å². The molecule has 3 aromatic carbocycles. The summed E-state index contributed by atoms with van der Waals surface area (Å²) in [6.07, 6.45) is 0. The second-order valence-corrected chi connectivity index (χ2v) is 5.28. The molecule has 0 saturated heterocycles. The molecule has 104 valence electrons. The van der Waals surface area contributed by atoms with Crippen LogP contribution in [-0.2, 0) is 6.54 Å². The molecule has 3 aromatic rings. The van der Waals surface area contributed by atoms with Gasteiger partial charge in [0.05, 0.1) is 0 Å².